The molecule has 1 amide bonds. The van der Waals surface area contributed by atoms with Gasteiger partial charge >= 0.3 is 0 Å². The number of carbonyl (C=O) groups excluding carboxylic acids is 2. The first-order valence-corrected chi connectivity index (χ1v) is 10.2. The van der Waals surface area contributed by atoms with Gasteiger partial charge in [0.1, 0.15) is 5.78 Å². The summed E-state index contributed by atoms with van der Waals surface area (Å²) in [5.41, 5.74) is 0. The van der Waals surface area contributed by atoms with E-state index in [2.05, 4.69) is 11.9 Å². The summed E-state index contributed by atoms with van der Waals surface area (Å²) in [6.07, 6.45) is 9.98. The van der Waals surface area contributed by atoms with Crippen molar-refractivity contribution in [3.05, 3.63) is 12.8 Å². The lowest BCUT2D eigenvalue weighted by Crippen LogP contribution is -2.39. The lowest BCUT2D eigenvalue weighted by Gasteiger charge is -2.29. The van der Waals surface area contributed by atoms with Crippen molar-refractivity contribution in [3.63, 3.8) is 0 Å². The molecule has 26 heavy (non-hydrogen) atoms. The number of ether oxygens (including phenoxy) is 2. The highest BCUT2D eigenvalue weighted by Gasteiger charge is 2.28. The zero-order chi connectivity index (χ0) is 18.9. The second kappa shape index (κ2) is 10.7. The maximum absolute atomic E-state index is 12.1. The van der Waals surface area contributed by atoms with Crippen molar-refractivity contribution in [2.45, 2.75) is 89.9 Å². The molecule has 0 bridgehead atoms. The Morgan fingerprint density at radius 1 is 1.04 bits per heavy atom. The molecule has 148 valence electrons. The molecular formula is C21H35NO4. The molecule has 5 heteroatoms. The first-order chi connectivity index (χ1) is 12.5. The Hall–Kier alpha value is -1.36. The quantitative estimate of drug-likeness (QED) is 0.632. The minimum absolute atomic E-state index is 0.0623. The Kier molecular flexibility index (Phi) is 8.63. The van der Waals surface area contributed by atoms with Crippen LogP contribution < -0.4 is 5.32 Å². The van der Waals surface area contributed by atoms with Crippen LogP contribution in [0.15, 0.2) is 12.8 Å². The zero-order valence-electron chi connectivity index (χ0n) is 16.4. The second-order valence-electron chi connectivity index (χ2n) is 8.00. The molecule has 0 atom stereocenters. The number of amides is 1. The van der Waals surface area contributed by atoms with Crippen LogP contribution >= 0.6 is 0 Å². The lowest BCUT2D eigenvalue weighted by atomic mass is 9.80. The summed E-state index contributed by atoms with van der Waals surface area (Å²) in [7, 11) is 0. The number of Topliss-reactive ketones (excluding diaryl/α,β-unsaturated/α-hetero) is 1. The van der Waals surface area contributed by atoms with Crippen LogP contribution in [-0.4, -0.2) is 36.5 Å². The third-order valence-electron chi connectivity index (χ3n) is 5.66. The largest absolute Gasteiger partial charge is 0.499 e. The van der Waals surface area contributed by atoms with Gasteiger partial charge in [-0.15, -0.1) is 0 Å². The summed E-state index contributed by atoms with van der Waals surface area (Å²) in [4.78, 5) is 24.2. The average Bonchev–Trinajstić information content (AvgIpc) is 2.63. The minimum atomic E-state index is 0.0623. The van der Waals surface area contributed by atoms with Gasteiger partial charge in [-0.25, -0.2) is 0 Å². The third-order valence-corrected chi connectivity index (χ3v) is 5.66. The van der Waals surface area contributed by atoms with Gasteiger partial charge in [-0.05, 0) is 51.4 Å². The molecule has 2 aliphatic rings. The molecule has 1 N–H and O–H groups in total. The van der Waals surface area contributed by atoms with Crippen molar-refractivity contribution in [1.82, 2.24) is 5.32 Å². The van der Waals surface area contributed by atoms with Gasteiger partial charge in [0.2, 0.25) is 5.91 Å². The van der Waals surface area contributed by atoms with Gasteiger partial charge in [0.05, 0.1) is 25.1 Å². The van der Waals surface area contributed by atoms with E-state index in [1.54, 1.807) is 0 Å². The van der Waals surface area contributed by atoms with Crippen LogP contribution in [0, 0.1) is 11.8 Å². The first kappa shape index (κ1) is 20.9. The first-order valence-electron chi connectivity index (χ1n) is 10.2. The maximum Gasteiger partial charge on any atom is 0.222 e. The summed E-state index contributed by atoms with van der Waals surface area (Å²) < 4.78 is 11.3. The monoisotopic (exact) mass is 365 g/mol. The molecule has 0 aliphatic heterocycles. The van der Waals surface area contributed by atoms with Crippen molar-refractivity contribution in [1.29, 1.82) is 0 Å². The Bertz CT molecular complexity index is 461. The van der Waals surface area contributed by atoms with E-state index in [1.807, 2.05) is 13.8 Å². The Balaban J connectivity index is 1.56. The molecule has 0 aromatic rings. The fourth-order valence-electron chi connectivity index (χ4n) is 4.08. The zero-order valence-corrected chi connectivity index (χ0v) is 16.4. The standard InChI is InChI=1S/C21H35NO4/c1-4-25-18-9-11-19(12-10-18)26-14-13-20(23)22-17-7-5-16(6-8-17)21(24)15(2)3/h4,15-19H,1,5-14H2,2-3H3,(H,22,23). The third kappa shape index (κ3) is 6.75. The van der Waals surface area contributed by atoms with Crippen LogP contribution in [0.4, 0.5) is 0 Å². The molecule has 0 unspecified atom stereocenters. The van der Waals surface area contributed by atoms with Crippen molar-refractivity contribution < 1.29 is 19.1 Å². The van der Waals surface area contributed by atoms with Gasteiger partial charge in [0, 0.05) is 24.3 Å². The molecule has 0 aromatic heterocycles. The number of carbonyl (C=O) groups is 2. The summed E-state index contributed by atoms with van der Waals surface area (Å²) in [5.74, 6) is 0.733. The fourth-order valence-corrected chi connectivity index (χ4v) is 4.08. The molecule has 2 fully saturated rings. The molecule has 0 heterocycles. The van der Waals surface area contributed by atoms with Crippen LogP contribution in [0.1, 0.15) is 71.6 Å². The van der Waals surface area contributed by atoms with Crippen LogP contribution in [-0.2, 0) is 19.1 Å². The second-order valence-corrected chi connectivity index (χ2v) is 8.00. The summed E-state index contributed by atoms with van der Waals surface area (Å²) >= 11 is 0. The Morgan fingerprint density at radius 3 is 2.23 bits per heavy atom. The van der Waals surface area contributed by atoms with E-state index >= 15 is 0 Å². The van der Waals surface area contributed by atoms with Crippen LogP contribution in [0.2, 0.25) is 0 Å². The highest BCUT2D eigenvalue weighted by Crippen LogP contribution is 2.27. The van der Waals surface area contributed by atoms with Gasteiger partial charge < -0.3 is 14.8 Å². The average molecular weight is 366 g/mol. The van der Waals surface area contributed by atoms with Gasteiger partial charge in [0.15, 0.2) is 0 Å². The van der Waals surface area contributed by atoms with E-state index in [0.717, 1.165) is 51.4 Å². The number of hydrogen-bond acceptors (Lipinski definition) is 4. The van der Waals surface area contributed by atoms with Crippen molar-refractivity contribution in [2.24, 2.45) is 11.8 Å². The van der Waals surface area contributed by atoms with Gasteiger partial charge in [-0.3, -0.25) is 9.59 Å². The molecule has 0 spiro atoms. The maximum atomic E-state index is 12.1. The molecule has 5 nitrogen and oxygen atoms in total. The molecule has 2 saturated carbocycles. The van der Waals surface area contributed by atoms with Crippen molar-refractivity contribution in [2.75, 3.05) is 6.61 Å². The molecule has 0 radical (unpaired) electrons. The highest BCUT2D eigenvalue weighted by molar-refractivity contribution is 5.83. The van der Waals surface area contributed by atoms with Crippen molar-refractivity contribution >= 4 is 11.7 Å². The lowest BCUT2D eigenvalue weighted by molar-refractivity contribution is -0.127. The normalized spacial score (nSPS) is 29.2. The van der Waals surface area contributed by atoms with E-state index in [0.29, 0.717) is 18.8 Å². The molecule has 0 aromatic carbocycles. The Morgan fingerprint density at radius 2 is 1.65 bits per heavy atom. The molecular weight excluding hydrogens is 330 g/mol. The molecule has 0 saturated heterocycles. The summed E-state index contributed by atoms with van der Waals surface area (Å²) in [6, 6.07) is 0.213. The number of hydrogen-bond donors (Lipinski definition) is 1. The predicted molar refractivity (Wildman–Crippen MR) is 102 cm³/mol. The topological polar surface area (TPSA) is 64.6 Å². The Labute approximate surface area is 157 Å². The number of rotatable bonds is 9. The SMILES string of the molecule is C=COC1CCC(OCCC(=O)NC2CCC(C(=O)C(C)C)CC2)CC1. The van der Waals surface area contributed by atoms with E-state index < -0.39 is 0 Å². The van der Waals surface area contributed by atoms with E-state index in [-0.39, 0.29) is 36.0 Å². The number of ketones is 1. The van der Waals surface area contributed by atoms with Gasteiger partial charge in [-0.1, -0.05) is 20.4 Å². The van der Waals surface area contributed by atoms with Crippen LogP contribution in [0.3, 0.4) is 0 Å². The van der Waals surface area contributed by atoms with Crippen molar-refractivity contribution in [3.8, 4) is 0 Å². The van der Waals surface area contributed by atoms with Gasteiger partial charge in [0.25, 0.3) is 0 Å². The van der Waals surface area contributed by atoms with Crippen LogP contribution in [0.5, 0.6) is 0 Å². The highest BCUT2D eigenvalue weighted by atomic mass is 16.5. The predicted octanol–water partition coefficient (Wildman–Crippen LogP) is 3.76. The molecule has 2 aliphatic carbocycles. The van der Waals surface area contributed by atoms with E-state index in [9.17, 15) is 9.59 Å². The number of nitrogens with one attached hydrogen (secondary N) is 1. The van der Waals surface area contributed by atoms with E-state index in [4.69, 9.17) is 9.47 Å². The van der Waals surface area contributed by atoms with E-state index in [1.165, 1.54) is 6.26 Å². The molecule has 2 rings (SSSR count). The van der Waals surface area contributed by atoms with Gasteiger partial charge in [-0.2, -0.15) is 0 Å². The summed E-state index contributed by atoms with van der Waals surface area (Å²) in [5, 5.41) is 3.11. The smallest absolute Gasteiger partial charge is 0.222 e. The fraction of sp³-hybridized carbons (Fsp3) is 0.810. The van der Waals surface area contributed by atoms with Crippen LogP contribution in [0.25, 0.3) is 0 Å². The summed E-state index contributed by atoms with van der Waals surface area (Å²) in [6.45, 7) is 8.01. The minimum Gasteiger partial charge on any atom is -0.499 e.